The van der Waals surface area contributed by atoms with Crippen molar-refractivity contribution in [1.29, 1.82) is 0 Å². The standard InChI is InChI=1S/C26H41NO/c1-3-5-7-8-9-10-11-12-13-15-17-22(16-14-6-4-2)26-21-23-20-24(28)18-19-25(23)27-26/h18-22H,3-17H2,1-2H3. The van der Waals surface area contributed by atoms with Gasteiger partial charge in [-0.05, 0) is 37.1 Å². The molecule has 156 valence electrons. The first-order chi connectivity index (χ1) is 13.7. The summed E-state index contributed by atoms with van der Waals surface area (Å²) in [6.45, 7) is 4.55. The summed E-state index contributed by atoms with van der Waals surface area (Å²) in [6, 6.07) is 0. The maximum atomic E-state index is 11.6. The van der Waals surface area contributed by atoms with E-state index in [9.17, 15) is 4.79 Å². The van der Waals surface area contributed by atoms with Gasteiger partial charge in [-0.15, -0.1) is 0 Å². The first kappa shape index (κ1) is 22.8. The Labute approximate surface area is 173 Å². The fourth-order valence-corrected chi connectivity index (χ4v) is 4.25. The molecule has 0 bridgehead atoms. The van der Waals surface area contributed by atoms with E-state index >= 15 is 0 Å². The topological polar surface area (TPSA) is 29.4 Å². The molecule has 1 aliphatic carbocycles. The number of carbonyl (C=O) groups is 1. The molecule has 0 aromatic carbocycles. The van der Waals surface area contributed by atoms with Gasteiger partial charge >= 0.3 is 0 Å². The molecule has 1 unspecified atom stereocenters. The molecule has 2 nitrogen and oxygen atoms in total. The number of aliphatic imine (C=N–C) groups is 1. The number of carbonyl (C=O) groups excluding carboxylic acids is 1. The molecule has 0 spiro atoms. The summed E-state index contributed by atoms with van der Waals surface area (Å²) in [6.07, 6.45) is 27.6. The van der Waals surface area contributed by atoms with Gasteiger partial charge < -0.3 is 0 Å². The Balaban J connectivity index is 1.71. The Hall–Kier alpha value is -1.44. The minimum absolute atomic E-state index is 0.0867. The second-order valence-corrected chi connectivity index (χ2v) is 8.56. The van der Waals surface area contributed by atoms with E-state index in [2.05, 4.69) is 19.9 Å². The molecule has 2 aliphatic rings. The van der Waals surface area contributed by atoms with Crippen LogP contribution in [0.2, 0.25) is 0 Å². The zero-order valence-electron chi connectivity index (χ0n) is 18.3. The number of hydrogen-bond acceptors (Lipinski definition) is 2. The van der Waals surface area contributed by atoms with Crippen molar-refractivity contribution >= 4 is 11.5 Å². The van der Waals surface area contributed by atoms with Crippen LogP contribution in [-0.2, 0) is 4.79 Å². The summed E-state index contributed by atoms with van der Waals surface area (Å²) < 4.78 is 0. The Morgan fingerprint density at radius 2 is 1.25 bits per heavy atom. The van der Waals surface area contributed by atoms with Gasteiger partial charge in [0, 0.05) is 17.2 Å². The van der Waals surface area contributed by atoms with Gasteiger partial charge in [0.25, 0.3) is 0 Å². The number of allylic oxidation sites excluding steroid dienone is 6. The van der Waals surface area contributed by atoms with Gasteiger partial charge in [-0.1, -0.05) is 97.3 Å². The lowest BCUT2D eigenvalue weighted by Gasteiger charge is -2.16. The minimum atomic E-state index is 0.0867. The highest BCUT2D eigenvalue weighted by Crippen LogP contribution is 2.32. The van der Waals surface area contributed by atoms with E-state index in [4.69, 9.17) is 4.99 Å². The minimum Gasteiger partial charge on any atom is -0.290 e. The number of unbranched alkanes of at least 4 members (excludes halogenated alkanes) is 11. The second kappa shape index (κ2) is 13.7. The van der Waals surface area contributed by atoms with Crippen LogP contribution in [0.4, 0.5) is 0 Å². The van der Waals surface area contributed by atoms with Gasteiger partial charge in [-0.3, -0.25) is 9.79 Å². The normalized spacial score (nSPS) is 16.6. The maximum Gasteiger partial charge on any atom is 0.179 e. The zero-order chi connectivity index (χ0) is 20.0. The Morgan fingerprint density at radius 3 is 1.89 bits per heavy atom. The number of nitrogens with zero attached hydrogens (tertiary/aromatic N) is 1. The van der Waals surface area contributed by atoms with E-state index in [1.807, 2.05) is 6.08 Å². The van der Waals surface area contributed by atoms with Crippen molar-refractivity contribution in [2.75, 3.05) is 0 Å². The number of hydrogen-bond donors (Lipinski definition) is 0. The van der Waals surface area contributed by atoms with Gasteiger partial charge in [0.1, 0.15) is 0 Å². The lowest BCUT2D eigenvalue weighted by atomic mass is 9.91. The van der Waals surface area contributed by atoms with Crippen LogP contribution < -0.4 is 0 Å². The van der Waals surface area contributed by atoms with Crippen molar-refractivity contribution < 1.29 is 4.79 Å². The molecule has 0 aromatic rings. The SMILES string of the molecule is CCCCCCCCCCCCC(CCCCC)C1=CC2=CC(=O)C=CC2=N1. The second-order valence-electron chi connectivity index (χ2n) is 8.56. The first-order valence-corrected chi connectivity index (χ1v) is 12.0. The van der Waals surface area contributed by atoms with Crippen LogP contribution >= 0.6 is 0 Å². The molecule has 2 heteroatoms. The summed E-state index contributed by atoms with van der Waals surface area (Å²) in [7, 11) is 0. The van der Waals surface area contributed by atoms with Crippen molar-refractivity contribution in [1.82, 2.24) is 0 Å². The summed E-state index contributed by atoms with van der Waals surface area (Å²) in [4.78, 5) is 16.5. The van der Waals surface area contributed by atoms with Crippen LogP contribution in [0.25, 0.3) is 0 Å². The highest BCUT2D eigenvalue weighted by molar-refractivity contribution is 6.22. The van der Waals surface area contributed by atoms with Gasteiger partial charge in [0.2, 0.25) is 0 Å². The fourth-order valence-electron chi connectivity index (χ4n) is 4.25. The van der Waals surface area contributed by atoms with Crippen LogP contribution in [0, 0.1) is 5.92 Å². The van der Waals surface area contributed by atoms with Gasteiger partial charge in [-0.25, -0.2) is 0 Å². The van der Waals surface area contributed by atoms with E-state index < -0.39 is 0 Å². The molecule has 1 atom stereocenters. The fraction of sp³-hybridized carbons (Fsp3) is 0.692. The molecule has 0 radical (unpaired) electrons. The Morgan fingerprint density at radius 1 is 0.714 bits per heavy atom. The van der Waals surface area contributed by atoms with Gasteiger partial charge in [0.05, 0.1) is 5.71 Å². The monoisotopic (exact) mass is 383 g/mol. The molecule has 0 fully saturated rings. The van der Waals surface area contributed by atoms with Gasteiger partial charge in [-0.2, -0.15) is 0 Å². The van der Waals surface area contributed by atoms with Crippen LogP contribution in [0.5, 0.6) is 0 Å². The molecule has 0 N–H and O–H groups in total. The number of fused-ring (bicyclic) bond motifs is 1. The quantitative estimate of drug-likeness (QED) is 0.197. The van der Waals surface area contributed by atoms with Crippen LogP contribution in [0.1, 0.15) is 110 Å². The molecular weight excluding hydrogens is 342 g/mol. The van der Waals surface area contributed by atoms with Crippen molar-refractivity contribution in [3.05, 3.63) is 35.6 Å². The van der Waals surface area contributed by atoms with E-state index in [1.54, 1.807) is 12.2 Å². The molecule has 2 rings (SSSR count). The van der Waals surface area contributed by atoms with Crippen LogP contribution in [0.3, 0.4) is 0 Å². The average Bonchev–Trinajstić information content (AvgIpc) is 3.11. The molecule has 28 heavy (non-hydrogen) atoms. The van der Waals surface area contributed by atoms with Crippen molar-refractivity contribution in [2.24, 2.45) is 10.9 Å². The Kier molecular flexibility index (Phi) is 11.2. The van der Waals surface area contributed by atoms with E-state index in [-0.39, 0.29) is 5.78 Å². The highest BCUT2D eigenvalue weighted by Gasteiger charge is 2.22. The smallest absolute Gasteiger partial charge is 0.179 e. The molecule has 1 aliphatic heterocycles. The molecule has 0 amide bonds. The Bertz CT molecular complexity index is 594. The highest BCUT2D eigenvalue weighted by atomic mass is 16.1. The van der Waals surface area contributed by atoms with Crippen LogP contribution in [0.15, 0.2) is 40.6 Å². The van der Waals surface area contributed by atoms with E-state index in [1.165, 1.54) is 102 Å². The lowest BCUT2D eigenvalue weighted by molar-refractivity contribution is -0.110. The van der Waals surface area contributed by atoms with Crippen molar-refractivity contribution in [3.8, 4) is 0 Å². The van der Waals surface area contributed by atoms with Gasteiger partial charge in [0.15, 0.2) is 5.78 Å². The van der Waals surface area contributed by atoms with Crippen molar-refractivity contribution in [3.63, 3.8) is 0 Å². The maximum absolute atomic E-state index is 11.6. The molecule has 1 heterocycles. The van der Waals surface area contributed by atoms with E-state index in [0.29, 0.717) is 5.92 Å². The number of rotatable bonds is 16. The predicted molar refractivity (Wildman–Crippen MR) is 122 cm³/mol. The molecule has 0 saturated heterocycles. The third-order valence-electron chi connectivity index (χ3n) is 6.03. The summed E-state index contributed by atoms with van der Waals surface area (Å²) in [5.74, 6) is 0.645. The summed E-state index contributed by atoms with van der Waals surface area (Å²) >= 11 is 0. The third kappa shape index (κ3) is 8.29. The average molecular weight is 384 g/mol. The molecule has 0 aromatic heterocycles. The molecular formula is C26H41NO. The van der Waals surface area contributed by atoms with Crippen LogP contribution in [-0.4, -0.2) is 11.5 Å². The summed E-state index contributed by atoms with van der Waals surface area (Å²) in [5.41, 5.74) is 3.22. The molecule has 0 saturated carbocycles. The predicted octanol–water partition coefficient (Wildman–Crippen LogP) is 7.90. The largest absolute Gasteiger partial charge is 0.290 e. The van der Waals surface area contributed by atoms with Crippen molar-refractivity contribution in [2.45, 2.75) is 110 Å². The van der Waals surface area contributed by atoms with E-state index in [0.717, 1.165) is 11.3 Å². The zero-order valence-corrected chi connectivity index (χ0v) is 18.3. The number of ketones is 1. The first-order valence-electron chi connectivity index (χ1n) is 12.0. The summed E-state index contributed by atoms with van der Waals surface area (Å²) in [5, 5.41) is 0. The third-order valence-corrected chi connectivity index (χ3v) is 6.03. The lowest BCUT2D eigenvalue weighted by Crippen LogP contribution is -2.03.